The molecule has 2 aliphatic heterocycles. The van der Waals surface area contributed by atoms with Gasteiger partial charge in [-0.25, -0.2) is 8.78 Å². The maximum Gasteiger partial charge on any atom is 0.150 e. The summed E-state index contributed by atoms with van der Waals surface area (Å²) in [5.41, 5.74) is 0.239. The van der Waals surface area contributed by atoms with Gasteiger partial charge in [-0.1, -0.05) is 11.6 Å². The van der Waals surface area contributed by atoms with Crippen LogP contribution in [0.4, 0.5) is 14.5 Å². The molecule has 2 bridgehead atoms. The molecule has 1 N–H and O–H groups in total. The zero-order chi connectivity index (χ0) is 12.7. The van der Waals surface area contributed by atoms with E-state index < -0.39 is 11.6 Å². The molecule has 0 spiro atoms. The lowest BCUT2D eigenvalue weighted by molar-refractivity contribution is 0.254. The monoisotopic (exact) mass is 272 g/mol. The Kier molecular flexibility index (Phi) is 3.16. The Morgan fingerprint density at radius 1 is 1.22 bits per heavy atom. The third-order valence-electron chi connectivity index (χ3n) is 3.97. The van der Waals surface area contributed by atoms with E-state index in [0.29, 0.717) is 5.92 Å². The van der Waals surface area contributed by atoms with Gasteiger partial charge >= 0.3 is 0 Å². The van der Waals surface area contributed by atoms with Crippen molar-refractivity contribution in [3.63, 3.8) is 0 Å². The number of anilines is 1. The number of rotatable bonds is 2. The number of hydrogen-bond acceptors (Lipinski definition) is 2. The van der Waals surface area contributed by atoms with Gasteiger partial charge in [0.2, 0.25) is 0 Å². The SMILES string of the molecule is Fc1cc(F)c(NC2CCN3CCC2C3)c(Cl)c1. The Labute approximate surface area is 110 Å². The third-order valence-corrected chi connectivity index (χ3v) is 4.27. The predicted molar refractivity (Wildman–Crippen MR) is 67.9 cm³/mol. The summed E-state index contributed by atoms with van der Waals surface area (Å²) in [6.45, 7) is 3.23. The average molecular weight is 273 g/mol. The third kappa shape index (κ3) is 2.19. The topological polar surface area (TPSA) is 15.3 Å². The number of nitrogens with zero attached hydrogens (tertiary/aromatic N) is 1. The molecule has 0 aromatic heterocycles. The number of hydrogen-bond donors (Lipinski definition) is 1. The van der Waals surface area contributed by atoms with Gasteiger partial charge in [-0.2, -0.15) is 0 Å². The van der Waals surface area contributed by atoms with E-state index in [1.165, 1.54) is 0 Å². The molecule has 5 heteroatoms. The normalized spacial score (nSPS) is 30.5. The summed E-state index contributed by atoms with van der Waals surface area (Å²) in [7, 11) is 0. The van der Waals surface area contributed by atoms with E-state index in [2.05, 4.69) is 10.2 Å². The zero-order valence-corrected chi connectivity index (χ0v) is 10.7. The minimum Gasteiger partial charge on any atom is -0.378 e. The van der Waals surface area contributed by atoms with Gasteiger partial charge in [-0.05, 0) is 31.4 Å². The summed E-state index contributed by atoms with van der Waals surface area (Å²) in [5.74, 6) is -0.710. The molecule has 1 aromatic carbocycles. The molecule has 18 heavy (non-hydrogen) atoms. The summed E-state index contributed by atoms with van der Waals surface area (Å²) < 4.78 is 26.7. The molecular formula is C13H15ClF2N2. The fourth-order valence-electron chi connectivity index (χ4n) is 3.01. The molecule has 2 nitrogen and oxygen atoms in total. The van der Waals surface area contributed by atoms with Crippen LogP contribution in [-0.4, -0.2) is 30.6 Å². The summed E-state index contributed by atoms with van der Waals surface area (Å²) >= 11 is 5.90. The standard InChI is InChI=1S/C13H15ClF2N2/c14-10-5-9(15)6-11(16)13(10)17-12-2-4-18-3-1-8(12)7-18/h5-6,8,12,17H,1-4,7H2. The Balaban J connectivity index is 1.80. The second kappa shape index (κ2) is 4.67. The lowest BCUT2D eigenvalue weighted by Gasteiger charge is -2.32. The first-order valence-electron chi connectivity index (χ1n) is 6.27. The molecule has 98 valence electrons. The molecule has 2 fully saturated rings. The Morgan fingerprint density at radius 2 is 2.00 bits per heavy atom. The highest BCUT2D eigenvalue weighted by atomic mass is 35.5. The van der Waals surface area contributed by atoms with Gasteiger partial charge in [0.05, 0.1) is 10.7 Å². The minimum atomic E-state index is -0.640. The molecule has 0 saturated carbocycles. The molecule has 0 aliphatic carbocycles. The van der Waals surface area contributed by atoms with Crippen molar-refractivity contribution >= 4 is 17.3 Å². The van der Waals surface area contributed by atoms with Gasteiger partial charge in [0, 0.05) is 25.2 Å². The summed E-state index contributed by atoms with van der Waals surface area (Å²) in [6, 6.07) is 2.26. The van der Waals surface area contributed by atoms with E-state index in [4.69, 9.17) is 11.6 Å². The fourth-order valence-corrected chi connectivity index (χ4v) is 3.26. The number of fused-ring (bicyclic) bond motifs is 2. The van der Waals surface area contributed by atoms with Crippen LogP contribution < -0.4 is 5.32 Å². The number of halogens is 3. The minimum absolute atomic E-state index is 0.118. The molecule has 0 radical (unpaired) electrons. The van der Waals surface area contributed by atoms with Crippen LogP contribution in [0.25, 0.3) is 0 Å². The van der Waals surface area contributed by atoms with Crippen LogP contribution in [-0.2, 0) is 0 Å². The molecule has 1 aromatic rings. The van der Waals surface area contributed by atoms with Crippen LogP contribution >= 0.6 is 11.6 Å². The first-order chi connectivity index (χ1) is 8.63. The van der Waals surface area contributed by atoms with Gasteiger partial charge < -0.3 is 10.2 Å². The summed E-state index contributed by atoms with van der Waals surface area (Å²) in [4.78, 5) is 2.42. The molecule has 0 amide bonds. The highest BCUT2D eigenvalue weighted by Crippen LogP contribution is 2.33. The van der Waals surface area contributed by atoms with Crippen molar-refractivity contribution < 1.29 is 8.78 Å². The quantitative estimate of drug-likeness (QED) is 0.890. The maximum absolute atomic E-state index is 13.7. The molecule has 2 aliphatic rings. The van der Waals surface area contributed by atoms with Gasteiger partial charge in [-0.15, -0.1) is 0 Å². The Bertz CT molecular complexity index is 443. The van der Waals surface area contributed by atoms with Crippen molar-refractivity contribution in [2.24, 2.45) is 5.92 Å². The van der Waals surface area contributed by atoms with Crippen molar-refractivity contribution in [1.29, 1.82) is 0 Å². The van der Waals surface area contributed by atoms with E-state index >= 15 is 0 Å². The van der Waals surface area contributed by atoms with Crippen molar-refractivity contribution in [2.45, 2.75) is 18.9 Å². The first kappa shape index (κ1) is 12.2. The van der Waals surface area contributed by atoms with E-state index in [1.807, 2.05) is 0 Å². The van der Waals surface area contributed by atoms with E-state index in [9.17, 15) is 8.78 Å². The van der Waals surface area contributed by atoms with E-state index in [0.717, 1.165) is 44.6 Å². The van der Waals surface area contributed by atoms with Crippen molar-refractivity contribution in [3.8, 4) is 0 Å². The van der Waals surface area contributed by atoms with E-state index in [1.54, 1.807) is 0 Å². The van der Waals surface area contributed by atoms with Crippen LogP contribution in [0, 0.1) is 17.6 Å². The molecule has 2 heterocycles. The fraction of sp³-hybridized carbons (Fsp3) is 0.538. The van der Waals surface area contributed by atoms with Crippen molar-refractivity contribution in [3.05, 3.63) is 28.8 Å². The number of benzene rings is 1. The highest BCUT2D eigenvalue weighted by molar-refractivity contribution is 6.33. The average Bonchev–Trinajstić information content (AvgIpc) is 2.69. The molecule has 3 rings (SSSR count). The highest BCUT2D eigenvalue weighted by Gasteiger charge is 2.34. The van der Waals surface area contributed by atoms with E-state index in [-0.39, 0.29) is 16.8 Å². The first-order valence-corrected chi connectivity index (χ1v) is 6.65. The smallest absolute Gasteiger partial charge is 0.150 e. The second-order valence-electron chi connectivity index (χ2n) is 5.13. The molecular weight excluding hydrogens is 258 g/mol. The van der Waals surface area contributed by atoms with Gasteiger partial charge in [-0.3, -0.25) is 0 Å². The van der Waals surface area contributed by atoms with Gasteiger partial charge in [0.25, 0.3) is 0 Å². The predicted octanol–water partition coefficient (Wildman–Crippen LogP) is 3.12. The molecule has 2 saturated heterocycles. The van der Waals surface area contributed by atoms with Crippen LogP contribution in [0.15, 0.2) is 12.1 Å². The lowest BCUT2D eigenvalue weighted by Crippen LogP contribution is -2.39. The van der Waals surface area contributed by atoms with Crippen LogP contribution in [0.5, 0.6) is 0 Å². The Morgan fingerprint density at radius 3 is 2.78 bits per heavy atom. The Hall–Kier alpha value is -0.870. The number of nitrogens with one attached hydrogen (secondary N) is 1. The van der Waals surface area contributed by atoms with Crippen molar-refractivity contribution in [2.75, 3.05) is 25.0 Å². The van der Waals surface area contributed by atoms with Crippen LogP contribution in [0.1, 0.15) is 12.8 Å². The van der Waals surface area contributed by atoms with Gasteiger partial charge in [0.15, 0.2) is 5.82 Å². The molecule has 3 atom stereocenters. The largest absolute Gasteiger partial charge is 0.378 e. The summed E-state index contributed by atoms with van der Waals surface area (Å²) in [6.07, 6.45) is 2.12. The summed E-state index contributed by atoms with van der Waals surface area (Å²) in [5, 5.41) is 3.29. The lowest BCUT2D eigenvalue weighted by atomic mass is 9.94. The van der Waals surface area contributed by atoms with Crippen molar-refractivity contribution in [1.82, 2.24) is 4.90 Å². The van der Waals surface area contributed by atoms with Gasteiger partial charge in [0.1, 0.15) is 5.82 Å². The van der Waals surface area contributed by atoms with Crippen LogP contribution in [0.2, 0.25) is 5.02 Å². The number of piperidine rings is 1. The second-order valence-corrected chi connectivity index (χ2v) is 5.54. The molecule has 3 unspecified atom stereocenters. The zero-order valence-electron chi connectivity index (χ0n) is 9.93. The maximum atomic E-state index is 13.7. The van der Waals surface area contributed by atoms with Crippen LogP contribution in [0.3, 0.4) is 0 Å².